The Kier molecular flexibility index (Phi) is 5.86. The minimum Gasteiger partial charge on any atom is -0.377 e. The SMILES string of the molecule is CC(C)c1cc2c3c(c1)-c1ccccc1B1c4ccccc4-c4ccc5c(c4N13)B2C1=C(c2ccccc2C1(C)C)N5c1ccc(C(C)(C)C)cc1. The summed E-state index contributed by atoms with van der Waals surface area (Å²) in [7, 11) is 0. The molecule has 0 atom stereocenters. The molecule has 250 valence electrons. The van der Waals surface area contributed by atoms with Crippen molar-refractivity contribution in [1.82, 2.24) is 0 Å². The molecule has 0 radical (unpaired) electrons. The van der Waals surface area contributed by atoms with Crippen molar-refractivity contribution in [2.24, 2.45) is 0 Å². The van der Waals surface area contributed by atoms with Crippen LogP contribution in [0.5, 0.6) is 0 Å². The molecule has 0 saturated heterocycles. The summed E-state index contributed by atoms with van der Waals surface area (Å²) < 4.78 is 0. The Bertz CT molecular complexity index is 2590. The first-order valence-electron chi connectivity index (χ1n) is 19.1. The lowest BCUT2D eigenvalue weighted by atomic mass is 9.28. The Morgan fingerprint density at radius 1 is 0.615 bits per heavy atom. The Morgan fingerprint density at radius 2 is 1.25 bits per heavy atom. The molecular formula is C48H42B2N2. The van der Waals surface area contributed by atoms with Crippen molar-refractivity contribution >= 4 is 63.9 Å². The predicted molar refractivity (Wildman–Crippen MR) is 224 cm³/mol. The van der Waals surface area contributed by atoms with E-state index in [9.17, 15) is 0 Å². The van der Waals surface area contributed by atoms with E-state index in [4.69, 9.17) is 0 Å². The van der Waals surface area contributed by atoms with E-state index in [1.165, 1.54) is 100 Å². The summed E-state index contributed by atoms with van der Waals surface area (Å²) >= 11 is 0. The highest BCUT2D eigenvalue weighted by Crippen LogP contribution is 2.58. The van der Waals surface area contributed by atoms with Crippen molar-refractivity contribution in [3.63, 3.8) is 0 Å². The van der Waals surface area contributed by atoms with Gasteiger partial charge >= 0.3 is 6.85 Å². The van der Waals surface area contributed by atoms with E-state index < -0.39 is 0 Å². The third kappa shape index (κ3) is 3.68. The molecule has 0 aromatic heterocycles. The second kappa shape index (κ2) is 10.0. The Balaban J connectivity index is 1.32. The van der Waals surface area contributed by atoms with E-state index >= 15 is 0 Å². The summed E-state index contributed by atoms with van der Waals surface area (Å²) in [4.78, 5) is 5.40. The lowest BCUT2D eigenvalue weighted by Crippen LogP contribution is -2.67. The first kappa shape index (κ1) is 30.4. The largest absolute Gasteiger partial charge is 0.377 e. The van der Waals surface area contributed by atoms with Gasteiger partial charge in [-0.05, 0) is 85.3 Å². The van der Waals surface area contributed by atoms with E-state index in [1.807, 2.05) is 0 Å². The van der Waals surface area contributed by atoms with Gasteiger partial charge < -0.3 is 9.71 Å². The molecule has 0 amide bonds. The van der Waals surface area contributed by atoms with Crippen LogP contribution in [0, 0.1) is 0 Å². The lowest BCUT2D eigenvalue weighted by molar-refractivity contribution is 0.590. The van der Waals surface area contributed by atoms with Crippen LogP contribution in [0.3, 0.4) is 0 Å². The normalized spacial score (nSPS) is 16.5. The van der Waals surface area contributed by atoms with Gasteiger partial charge in [-0.2, -0.15) is 0 Å². The molecule has 5 aliphatic rings. The monoisotopic (exact) mass is 668 g/mol. The van der Waals surface area contributed by atoms with Gasteiger partial charge in [-0.1, -0.05) is 151 Å². The summed E-state index contributed by atoms with van der Waals surface area (Å²) in [5.41, 5.74) is 24.8. The van der Waals surface area contributed by atoms with Crippen molar-refractivity contribution in [2.75, 3.05) is 9.71 Å². The highest BCUT2D eigenvalue weighted by atomic mass is 15.2. The molecule has 2 nitrogen and oxygen atoms in total. The van der Waals surface area contributed by atoms with Crippen LogP contribution in [0.4, 0.5) is 22.7 Å². The van der Waals surface area contributed by atoms with Crippen LogP contribution in [0.2, 0.25) is 0 Å². The number of allylic oxidation sites excluding steroid dienone is 1. The molecule has 0 spiro atoms. The van der Waals surface area contributed by atoms with Gasteiger partial charge in [-0.3, -0.25) is 0 Å². The van der Waals surface area contributed by atoms with Crippen molar-refractivity contribution in [1.29, 1.82) is 0 Å². The topological polar surface area (TPSA) is 6.48 Å². The smallest absolute Gasteiger partial charge is 0.329 e. The first-order valence-corrected chi connectivity index (χ1v) is 19.1. The van der Waals surface area contributed by atoms with E-state index in [-0.39, 0.29) is 24.4 Å². The molecule has 0 bridgehead atoms. The van der Waals surface area contributed by atoms with Crippen LogP contribution in [0.1, 0.15) is 76.6 Å². The van der Waals surface area contributed by atoms with Gasteiger partial charge in [0.25, 0.3) is 0 Å². The summed E-state index contributed by atoms with van der Waals surface area (Å²) in [6, 6.07) is 47.1. The fourth-order valence-corrected chi connectivity index (χ4v) is 10.6. The molecule has 4 aliphatic heterocycles. The number of hydrogen-bond donors (Lipinski definition) is 0. The molecule has 52 heavy (non-hydrogen) atoms. The number of hydrogen-bond acceptors (Lipinski definition) is 2. The van der Waals surface area contributed by atoms with Crippen LogP contribution < -0.4 is 31.6 Å². The Hall–Kier alpha value is -5.21. The third-order valence-corrected chi connectivity index (χ3v) is 13.0. The van der Waals surface area contributed by atoms with Gasteiger partial charge in [0.2, 0.25) is 6.71 Å². The van der Waals surface area contributed by atoms with Crippen molar-refractivity contribution in [3.8, 4) is 22.3 Å². The average Bonchev–Trinajstić information content (AvgIpc) is 3.38. The highest BCUT2D eigenvalue weighted by Gasteiger charge is 2.56. The van der Waals surface area contributed by atoms with Crippen molar-refractivity contribution in [3.05, 3.63) is 149 Å². The molecule has 6 aromatic rings. The third-order valence-electron chi connectivity index (χ3n) is 13.0. The number of nitrogens with zero attached hydrogens (tertiary/aromatic N) is 2. The van der Waals surface area contributed by atoms with Gasteiger partial charge in [0.1, 0.15) is 0 Å². The standard InChI is InChI=1S/C48H42B2N2/c1-28(2)29-26-36-33-15-10-13-19-39(33)50-38-18-12-9-14-32(38)34-24-25-41-42-44(34)52(50)43(36)40(27-29)49(42)46-45(35-16-8-11-17-37(35)48(46,6)7)51(41)31-22-20-30(21-23-31)47(3,4)5/h8-28H,1-7H3. The fraction of sp³-hybridized carbons (Fsp3) is 0.208. The second-order valence-corrected chi connectivity index (χ2v) is 17.5. The Labute approximate surface area is 309 Å². The zero-order chi connectivity index (χ0) is 35.4. The van der Waals surface area contributed by atoms with E-state index in [1.54, 1.807) is 0 Å². The van der Waals surface area contributed by atoms with Crippen LogP contribution >= 0.6 is 0 Å². The first-order chi connectivity index (χ1) is 25.1. The van der Waals surface area contributed by atoms with Crippen LogP contribution in [-0.2, 0) is 10.8 Å². The van der Waals surface area contributed by atoms with Gasteiger partial charge in [0.05, 0.1) is 0 Å². The van der Waals surface area contributed by atoms with E-state index in [2.05, 4.69) is 180 Å². The molecule has 0 saturated carbocycles. The van der Waals surface area contributed by atoms with Crippen LogP contribution in [-0.4, -0.2) is 13.6 Å². The summed E-state index contributed by atoms with van der Waals surface area (Å²) in [5.74, 6) is 0.407. The van der Waals surface area contributed by atoms with E-state index in [0.29, 0.717) is 5.92 Å². The number of anilines is 4. The maximum atomic E-state index is 2.77. The van der Waals surface area contributed by atoms with Gasteiger partial charge in [-0.15, -0.1) is 0 Å². The highest BCUT2D eigenvalue weighted by molar-refractivity contribution is 7.01. The summed E-state index contributed by atoms with van der Waals surface area (Å²) in [5, 5.41) is 0. The molecule has 11 rings (SSSR count). The zero-order valence-electron chi connectivity index (χ0n) is 31.2. The van der Waals surface area contributed by atoms with Crippen molar-refractivity contribution < 1.29 is 0 Å². The average molecular weight is 669 g/mol. The minimum atomic E-state index is -0.179. The van der Waals surface area contributed by atoms with Crippen LogP contribution in [0.15, 0.2) is 127 Å². The van der Waals surface area contributed by atoms with Gasteiger partial charge in [-0.25, -0.2) is 0 Å². The predicted octanol–water partition coefficient (Wildman–Crippen LogP) is 9.33. The fourth-order valence-electron chi connectivity index (χ4n) is 10.6. The molecular weight excluding hydrogens is 626 g/mol. The molecule has 0 unspecified atom stereocenters. The second-order valence-electron chi connectivity index (χ2n) is 17.5. The molecule has 0 fully saturated rings. The van der Waals surface area contributed by atoms with E-state index in [0.717, 1.165) is 0 Å². The summed E-state index contributed by atoms with van der Waals surface area (Å²) in [6.45, 7) is 16.8. The van der Waals surface area contributed by atoms with Crippen molar-refractivity contribution in [2.45, 2.75) is 65.2 Å². The van der Waals surface area contributed by atoms with Gasteiger partial charge in [0.15, 0.2) is 0 Å². The molecule has 4 heteroatoms. The molecule has 0 N–H and O–H groups in total. The lowest BCUT2D eigenvalue weighted by Gasteiger charge is -2.52. The maximum Gasteiger partial charge on any atom is 0.329 e. The van der Waals surface area contributed by atoms with Gasteiger partial charge in [0, 0.05) is 50.6 Å². The summed E-state index contributed by atoms with van der Waals surface area (Å²) in [6.07, 6.45) is 0. The number of benzene rings is 6. The molecule has 6 aromatic carbocycles. The number of fused-ring (bicyclic) bond motifs is 10. The Morgan fingerprint density at radius 3 is 1.92 bits per heavy atom. The number of rotatable bonds is 2. The molecule has 4 heterocycles. The zero-order valence-corrected chi connectivity index (χ0v) is 31.2. The maximum absolute atomic E-state index is 2.77. The quantitative estimate of drug-likeness (QED) is 0.170. The minimum absolute atomic E-state index is 0.0816. The van der Waals surface area contributed by atoms with Crippen LogP contribution in [0.25, 0.3) is 28.0 Å². The molecule has 1 aliphatic carbocycles.